The number of anilines is 4. The zero-order valence-corrected chi connectivity index (χ0v) is 16.9. The summed E-state index contributed by atoms with van der Waals surface area (Å²) in [6, 6.07) is 9.29. The first-order chi connectivity index (χ1) is 14.6. The molecular formula is C21H23N7O2. The molecule has 0 bridgehead atoms. The molecule has 2 aromatic heterocycles. The van der Waals surface area contributed by atoms with Crippen LogP contribution >= 0.6 is 0 Å². The highest BCUT2D eigenvalue weighted by atomic mass is 16.5. The van der Waals surface area contributed by atoms with Gasteiger partial charge < -0.3 is 20.3 Å². The summed E-state index contributed by atoms with van der Waals surface area (Å²) in [6.07, 6.45) is 3.03. The van der Waals surface area contributed by atoms with Crippen molar-refractivity contribution >= 4 is 29.0 Å². The Morgan fingerprint density at radius 3 is 2.40 bits per heavy atom. The van der Waals surface area contributed by atoms with Gasteiger partial charge in [-0.05, 0) is 38.1 Å². The van der Waals surface area contributed by atoms with Gasteiger partial charge in [0.15, 0.2) is 0 Å². The number of hydrogen-bond donors (Lipinski definition) is 2. The van der Waals surface area contributed by atoms with Crippen LogP contribution in [0.25, 0.3) is 0 Å². The van der Waals surface area contributed by atoms with Crippen molar-refractivity contribution in [3.8, 4) is 0 Å². The molecule has 1 fully saturated rings. The van der Waals surface area contributed by atoms with Gasteiger partial charge in [-0.15, -0.1) is 0 Å². The molecule has 0 radical (unpaired) electrons. The zero-order chi connectivity index (χ0) is 20.9. The Labute approximate surface area is 174 Å². The molecule has 154 valence electrons. The number of aryl methyl sites for hydroxylation is 2. The lowest BCUT2D eigenvalue weighted by Crippen LogP contribution is -2.37. The van der Waals surface area contributed by atoms with Gasteiger partial charge in [0.05, 0.1) is 25.1 Å². The Bertz CT molecular complexity index is 1020. The van der Waals surface area contributed by atoms with Gasteiger partial charge in [0.2, 0.25) is 5.95 Å². The summed E-state index contributed by atoms with van der Waals surface area (Å²) < 4.78 is 5.40. The minimum absolute atomic E-state index is 0.273. The van der Waals surface area contributed by atoms with Crippen LogP contribution in [-0.2, 0) is 4.74 Å². The van der Waals surface area contributed by atoms with Crippen molar-refractivity contribution in [1.29, 1.82) is 0 Å². The molecule has 2 N–H and O–H groups in total. The molecule has 4 rings (SSSR count). The van der Waals surface area contributed by atoms with Crippen molar-refractivity contribution < 1.29 is 9.53 Å². The average molecular weight is 405 g/mol. The lowest BCUT2D eigenvalue weighted by molar-refractivity contribution is 0.102. The van der Waals surface area contributed by atoms with Crippen LogP contribution in [0.5, 0.6) is 0 Å². The molecule has 0 saturated carbocycles. The number of nitrogens with zero attached hydrogens (tertiary/aromatic N) is 5. The molecule has 30 heavy (non-hydrogen) atoms. The van der Waals surface area contributed by atoms with E-state index in [4.69, 9.17) is 4.74 Å². The number of carbonyl (C=O) groups excluding carboxylic acids is 1. The summed E-state index contributed by atoms with van der Waals surface area (Å²) >= 11 is 0. The Kier molecular flexibility index (Phi) is 5.80. The highest BCUT2D eigenvalue weighted by molar-refractivity contribution is 6.02. The van der Waals surface area contributed by atoms with Crippen LogP contribution in [0.2, 0.25) is 0 Å². The van der Waals surface area contributed by atoms with Crippen molar-refractivity contribution in [1.82, 2.24) is 19.9 Å². The third kappa shape index (κ3) is 4.87. The Balaban J connectivity index is 1.42. The molecule has 1 aliphatic heterocycles. The standard InChI is InChI=1S/C21H23N7O2/c1-14-11-19(27-21(24-14)28-7-9-30-10-8-28)25-16-3-5-17(6-4-16)26-20(29)18-13-22-15(2)12-23-18/h3-6,11-13H,7-10H2,1-2H3,(H,26,29)(H,24,25,27). The van der Waals surface area contributed by atoms with Gasteiger partial charge in [-0.2, -0.15) is 4.98 Å². The predicted octanol–water partition coefficient (Wildman–Crippen LogP) is 2.72. The average Bonchev–Trinajstić information content (AvgIpc) is 2.76. The monoisotopic (exact) mass is 405 g/mol. The molecule has 0 unspecified atom stereocenters. The summed E-state index contributed by atoms with van der Waals surface area (Å²) in [5, 5.41) is 6.12. The second-order valence-electron chi connectivity index (χ2n) is 6.99. The smallest absolute Gasteiger partial charge is 0.275 e. The molecule has 9 nitrogen and oxygen atoms in total. The fraction of sp³-hybridized carbons (Fsp3) is 0.286. The van der Waals surface area contributed by atoms with E-state index in [1.807, 2.05) is 44.2 Å². The van der Waals surface area contributed by atoms with Gasteiger partial charge in [0.1, 0.15) is 11.5 Å². The topological polar surface area (TPSA) is 105 Å². The summed E-state index contributed by atoms with van der Waals surface area (Å²) in [6.45, 7) is 6.70. The van der Waals surface area contributed by atoms with E-state index in [0.717, 1.165) is 36.0 Å². The van der Waals surface area contributed by atoms with Crippen molar-refractivity contribution in [2.45, 2.75) is 13.8 Å². The fourth-order valence-corrected chi connectivity index (χ4v) is 3.01. The highest BCUT2D eigenvalue weighted by Gasteiger charge is 2.15. The third-order valence-electron chi connectivity index (χ3n) is 4.57. The van der Waals surface area contributed by atoms with Gasteiger partial charge in [-0.25, -0.2) is 9.97 Å². The molecule has 0 spiro atoms. The maximum Gasteiger partial charge on any atom is 0.275 e. The maximum absolute atomic E-state index is 12.3. The first kappa shape index (κ1) is 19.7. The van der Waals surface area contributed by atoms with Gasteiger partial charge in [-0.1, -0.05) is 0 Å². The number of nitrogens with one attached hydrogen (secondary N) is 2. The number of hydrogen-bond acceptors (Lipinski definition) is 8. The molecule has 1 aliphatic rings. The number of ether oxygens (including phenoxy) is 1. The first-order valence-electron chi connectivity index (χ1n) is 9.72. The lowest BCUT2D eigenvalue weighted by Gasteiger charge is -2.27. The third-order valence-corrected chi connectivity index (χ3v) is 4.57. The van der Waals surface area contributed by atoms with Crippen LogP contribution in [0.1, 0.15) is 21.9 Å². The molecule has 1 aromatic carbocycles. The van der Waals surface area contributed by atoms with Crippen LogP contribution in [0.15, 0.2) is 42.7 Å². The maximum atomic E-state index is 12.3. The van der Waals surface area contributed by atoms with Crippen LogP contribution < -0.4 is 15.5 Å². The summed E-state index contributed by atoms with van der Waals surface area (Å²) in [4.78, 5) is 31.7. The number of aromatic nitrogens is 4. The van der Waals surface area contributed by atoms with Crippen LogP contribution in [0.3, 0.4) is 0 Å². The molecule has 1 saturated heterocycles. The summed E-state index contributed by atoms with van der Waals surface area (Å²) in [5.41, 5.74) is 3.45. The molecule has 9 heteroatoms. The lowest BCUT2D eigenvalue weighted by atomic mass is 10.2. The highest BCUT2D eigenvalue weighted by Crippen LogP contribution is 2.21. The number of carbonyl (C=O) groups is 1. The van der Waals surface area contributed by atoms with Gasteiger partial charge >= 0.3 is 0 Å². The summed E-state index contributed by atoms with van der Waals surface area (Å²) in [5.74, 6) is 1.12. The number of benzene rings is 1. The van der Waals surface area contributed by atoms with Crippen molar-refractivity contribution in [2.75, 3.05) is 41.8 Å². The number of morpholine rings is 1. The second-order valence-corrected chi connectivity index (χ2v) is 6.99. The molecule has 3 heterocycles. The van der Waals surface area contributed by atoms with Crippen molar-refractivity contribution in [2.24, 2.45) is 0 Å². The normalized spacial score (nSPS) is 13.7. The van der Waals surface area contributed by atoms with E-state index in [-0.39, 0.29) is 11.6 Å². The fourth-order valence-electron chi connectivity index (χ4n) is 3.01. The summed E-state index contributed by atoms with van der Waals surface area (Å²) in [7, 11) is 0. The minimum atomic E-state index is -0.301. The molecule has 0 aliphatic carbocycles. The largest absolute Gasteiger partial charge is 0.378 e. The molecular weight excluding hydrogens is 382 g/mol. The Hall–Kier alpha value is -3.59. The van der Waals surface area contributed by atoms with Crippen LogP contribution in [-0.4, -0.2) is 52.1 Å². The van der Waals surface area contributed by atoms with Crippen molar-refractivity contribution in [3.05, 3.63) is 59.8 Å². The van der Waals surface area contributed by atoms with Gasteiger partial charge in [0, 0.05) is 42.4 Å². The van der Waals surface area contributed by atoms with Gasteiger partial charge in [-0.3, -0.25) is 9.78 Å². The minimum Gasteiger partial charge on any atom is -0.378 e. The van der Waals surface area contributed by atoms with E-state index >= 15 is 0 Å². The number of amides is 1. The van der Waals surface area contributed by atoms with Crippen LogP contribution in [0, 0.1) is 13.8 Å². The predicted molar refractivity (Wildman–Crippen MR) is 114 cm³/mol. The SMILES string of the molecule is Cc1cnc(C(=O)Nc2ccc(Nc3cc(C)nc(N4CCOCC4)n3)cc2)cn1. The van der Waals surface area contributed by atoms with E-state index in [9.17, 15) is 4.79 Å². The second kappa shape index (κ2) is 8.83. The first-order valence-corrected chi connectivity index (χ1v) is 9.72. The Morgan fingerprint density at radius 2 is 1.70 bits per heavy atom. The zero-order valence-electron chi connectivity index (χ0n) is 16.9. The molecule has 3 aromatic rings. The quantitative estimate of drug-likeness (QED) is 0.668. The van der Waals surface area contributed by atoms with E-state index in [2.05, 4.69) is 35.5 Å². The van der Waals surface area contributed by atoms with E-state index in [1.54, 1.807) is 6.20 Å². The molecule has 0 atom stereocenters. The van der Waals surface area contributed by atoms with E-state index < -0.39 is 0 Å². The van der Waals surface area contributed by atoms with Gasteiger partial charge in [0.25, 0.3) is 5.91 Å². The van der Waals surface area contributed by atoms with E-state index in [1.165, 1.54) is 6.20 Å². The number of rotatable bonds is 5. The van der Waals surface area contributed by atoms with Crippen molar-refractivity contribution in [3.63, 3.8) is 0 Å². The van der Waals surface area contributed by atoms with E-state index in [0.29, 0.717) is 24.8 Å². The van der Waals surface area contributed by atoms with Crippen LogP contribution in [0.4, 0.5) is 23.1 Å². The Morgan fingerprint density at radius 1 is 0.967 bits per heavy atom. The molecule has 1 amide bonds.